The molecule has 1 aromatic rings. The van der Waals surface area contributed by atoms with Gasteiger partial charge in [0, 0.05) is 25.2 Å². The van der Waals surface area contributed by atoms with Gasteiger partial charge in [0.2, 0.25) is 0 Å². The number of benzene rings is 1. The molecule has 0 aromatic heterocycles. The second-order valence-corrected chi connectivity index (χ2v) is 4.67. The van der Waals surface area contributed by atoms with E-state index in [1.807, 2.05) is 18.2 Å². The molecule has 0 bridgehead atoms. The highest BCUT2D eigenvalue weighted by atomic mass is 32.1. The van der Waals surface area contributed by atoms with Crippen molar-refractivity contribution < 1.29 is 4.74 Å². The van der Waals surface area contributed by atoms with Crippen LogP contribution in [0.1, 0.15) is 11.1 Å². The van der Waals surface area contributed by atoms with E-state index >= 15 is 0 Å². The number of nitrogens with two attached hydrogens (primary N) is 1. The van der Waals surface area contributed by atoms with Crippen molar-refractivity contribution >= 4 is 17.2 Å². The van der Waals surface area contributed by atoms with Crippen molar-refractivity contribution in [2.24, 2.45) is 5.73 Å². The molecule has 2 N–H and O–H groups in total. The fourth-order valence-electron chi connectivity index (χ4n) is 2.08. The molecule has 0 radical (unpaired) electrons. The Balaban J connectivity index is 1.96. The van der Waals surface area contributed by atoms with Gasteiger partial charge in [-0.2, -0.15) is 0 Å². The van der Waals surface area contributed by atoms with Crippen LogP contribution in [0.5, 0.6) is 0 Å². The zero-order chi connectivity index (χ0) is 12.1. The molecular weight excluding hydrogens is 232 g/mol. The van der Waals surface area contributed by atoms with Crippen LogP contribution in [0.4, 0.5) is 0 Å². The van der Waals surface area contributed by atoms with Gasteiger partial charge < -0.3 is 10.5 Å². The predicted molar refractivity (Wildman–Crippen MR) is 73.3 cm³/mol. The van der Waals surface area contributed by atoms with Gasteiger partial charge >= 0.3 is 0 Å². The molecule has 17 heavy (non-hydrogen) atoms. The summed E-state index contributed by atoms with van der Waals surface area (Å²) in [5.41, 5.74) is 7.97. The number of ether oxygens (including phenoxy) is 1. The Labute approximate surface area is 108 Å². The average molecular weight is 250 g/mol. The van der Waals surface area contributed by atoms with Crippen LogP contribution < -0.4 is 5.73 Å². The SMILES string of the molecule is NC(=S)c1ccccc1CCN1CCOCC1. The molecule has 0 spiro atoms. The smallest absolute Gasteiger partial charge is 0.104 e. The van der Waals surface area contributed by atoms with E-state index in [0.29, 0.717) is 4.99 Å². The van der Waals surface area contributed by atoms with Crippen molar-refractivity contribution in [1.82, 2.24) is 4.90 Å². The van der Waals surface area contributed by atoms with Gasteiger partial charge in [0.1, 0.15) is 4.99 Å². The van der Waals surface area contributed by atoms with Crippen LogP contribution >= 0.6 is 12.2 Å². The molecule has 1 aliphatic heterocycles. The van der Waals surface area contributed by atoms with E-state index in [9.17, 15) is 0 Å². The Morgan fingerprint density at radius 1 is 1.29 bits per heavy atom. The van der Waals surface area contributed by atoms with Crippen molar-refractivity contribution in [2.45, 2.75) is 6.42 Å². The Hall–Kier alpha value is -0.970. The van der Waals surface area contributed by atoms with Crippen molar-refractivity contribution in [3.05, 3.63) is 35.4 Å². The zero-order valence-electron chi connectivity index (χ0n) is 9.89. The molecule has 4 heteroatoms. The van der Waals surface area contributed by atoms with Crippen molar-refractivity contribution in [3.63, 3.8) is 0 Å². The van der Waals surface area contributed by atoms with Crippen molar-refractivity contribution in [2.75, 3.05) is 32.8 Å². The number of thiocarbonyl (C=S) groups is 1. The van der Waals surface area contributed by atoms with E-state index in [-0.39, 0.29) is 0 Å². The van der Waals surface area contributed by atoms with Gasteiger partial charge in [-0.3, -0.25) is 4.90 Å². The largest absolute Gasteiger partial charge is 0.389 e. The minimum absolute atomic E-state index is 0.488. The van der Waals surface area contributed by atoms with Crippen molar-refractivity contribution in [3.8, 4) is 0 Å². The van der Waals surface area contributed by atoms with E-state index in [4.69, 9.17) is 22.7 Å². The van der Waals surface area contributed by atoms with Crippen LogP contribution in [0, 0.1) is 0 Å². The Morgan fingerprint density at radius 3 is 2.71 bits per heavy atom. The molecule has 1 heterocycles. The number of nitrogens with zero attached hydrogens (tertiary/aromatic N) is 1. The number of hydrogen-bond donors (Lipinski definition) is 1. The molecular formula is C13H18N2OS. The van der Waals surface area contributed by atoms with Gasteiger partial charge in [-0.25, -0.2) is 0 Å². The lowest BCUT2D eigenvalue weighted by Gasteiger charge is -2.26. The highest BCUT2D eigenvalue weighted by Crippen LogP contribution is 2.10. The number of rotatable bonds is 4. The Bertz CT molecular complexity index is 389. The fourth-order valence-corrected chi connectivity index (χ4v) is 2.28. The number of hydrogen-bond acceptors (Lipinski definition) is 3. The molecule has 92 valence electrons. The van der Waals surface area contributed by atoms with Gasteiger partial charge in [0.05, 0.1) is 13.2 Å². The highest BCUT2D eigenvalue weighted by Gasteiger charge is 2.11. The molecule has 1 fully saturated rings. The first-order valence-electron chi connectivity index (χ1n) is 5.95. The lowest BCUT2D eigenvalue weighted by Crippen LogP contribution is -2.37. The fraction of sp³-hybridized carbons (Fsp3) is 0.462. The second-order valence-electron chi connectivity index (χ2n) is 4.23. The maximum atomic E-state index is 5.72. The molecule has 2 rings (SSSR count). The minimum atomic E-state index is 0.488. The molecule has 1 saturated heterocycles. The van der Waals surface area contributed by atoms with Crippen LogP contribution in [0.3, 0.4) is 0 Å². The second kappa shape index (κ2) is 6.10. The minimum Gasteiger partial charge on any atom is -0.389 e. The molecule has 0 amide bonds. The molecule has 0 aliphatic carbocycles. The third-order valence-corrected chi connectivity index (χ3v) is 3.30. The topological polar surface area (TPSA) is 38.5 Å². The lowest BCUT2D eigenvalue weighted by molar-refractivity contribution is 0.0384. The summed E-state index contributed by atoms with van der Waals surface area (Å²) in [5.74, 6) is 0. The van der Waals surface area contributed by atoms with Crippen molar-refractivity contribution in [1.29, 1.82) is 0 Å². The molecule has 1 aliphatic rings. The summed E-state index contributed by atoms with van der Waals surface area (Å²) in [4.78, 5) is 2.91. The van der Waals surface area contributed by atoms with Gasteiger partial charge in [0.15, 0.2) is 0 Å². The summed E-state index contributed by atoms with van der Waals surface area (Å²) in [6.45, 7) is 4.78. The highest BCUT2D eigenvalue weighted by molar-refractivity contribution is 7.80. The standard InChI is InChI=1S/C13H18N2OS/c14-13(17)12-4-2-1-3-11(12)5-6-15-7-9-16-10-8-15/h1-4H,5-10H2,(H2,14,17). The molecule has 0 saturated carbocycles. The summed E-state index contributed by atoms with van der Waals surface area (Å²) in [5, 5.41) is 0. The summed E-state index contributed by atoms with van der Waals surface area (Å²) in [6.07, 6.45) is 0.994. The zero-order valence-corrected chi connectivity index (χ0v) is 10.7. The summed E-state index contributed by atoms with van der Waals surface area (Å²) < 4.78 is 5.33. The quantitative estimate of drug-likeness (QED) is 0.815. The van der Waals surface area contributed by atoms with Crippen LogP contribution in [0.25, 0.3) is 0 Å². The predicted octanol–water partition coefficient (Wildman–Crippen LogP) is 1.20. The Morgan fingerprint density at radius 2 is 2.00 bits per heavy atom. The third kappa shape index (κ3) is 3.49. The van der Waals surface area contributed by atoms with E-state index in [2.05, 4.69) is 11.0 Å². The summed E-state index contributed by atoms with van der Waals surface area (Å²) >= 11 is 5.06. The van der Waals surface area contributed by atoms with E-state index in [1.54, 1.807) is 0 Å². The van der Waals surface area contributed by atoms with Crippen LogP contribution in [0.2, 0.25) is 0 Å². The molecule has 0 atom stereocenters. The van der Waals surface area contributed by atoms with E-state index in [1.165, 1.54) is 5.56 Å². The van der Waals surface area contributed by atoms with Crippen LogP contribution in [-0.2, 0) is 11.2 Å². The third-order valence-electron chi connectivity index (χ3n) is 3.08. The monoisotopic (exact) mass is 250 g/mol. The normalized spacial score (nSPS) is 16.9. The maximum Gasteiger partial charge on any atom is 0.104 e. The van der Waals surface area contributed by atoms with Gasteiger partial charge in [-0.1, -0.05) is 36.5 Å². The van der Waals surface area contributed by atoms with Gasteiger partial charge in [0.25, 0.3) is 0 Å². The van der Waals surface area contributed by atoms with Crippen LogP contribution in [-0.4, -0.2) is 42.7 Å². The molecule has 3 nitrogen and oxygen atoms in total. The number of morpholine rings is 1. The first-order chi connectivity index (χ1) is 8.27. The molecule has 1 aromatic carbocycles. The Kier molecular flexibility index (Phi) is 4.48. The van der Waals surface area contributed by atoms with E-state index in [0.717, 1.165) is 44.8 Å². The first kappa shape index (κ1) is 12.5. The first-order valence-corrected chi connectivity index (χ1v) is 6.36. The average Bonchev–Trinajstić information content (AvgIpc) is 2.38. The van der Waals surface area contributed by atoms with Gasteiger partial charge in [-0.15, -0.1) is 0 Å². The van der Waals surface area contributed by atoms with Crippen LogP contribution in [0.15, 0.2) is 24.3 Å². The lowest BCUT2D eigenvalue weighted by atomic mass is 10.0. The van der Waals surface area contributed by atoms with E-state index < -0.39 is 0 Å². The van der Waals surface area contributed by atoms with Gasteiger partial charge in [-0.05, 0) is 12.0 Å². The molecule has 0 unspecified atom stereocenters. The maximum absolute atomic E-state index is 5.72. The summed E-state index contributed by atoms with van der Waals surface area (Å²) in [7, 11) is 0. The summed E-state index contributed by atoms with van der Waals surface area (Å²) in [6, 6.07) is 8.12.